The van der Waals surface area contributed by atoms with Crippen molar-refractivity contribution in [3.8, 4) is 0 Å². The van der Waals surface area contributed by atoms with Crippen molar-refractivity contribution in [1.82, 2.24) is 0 Å². The van der Waals surface area contributed by atoms with Crippen LogP contribution in [0.3, 0.4) is 0 Å². The third-order valence-corrected chi connectivity index (χ3v) is 2.85. The van der Waals surface area contributed by atoms with Gasteiger partial charge in [0, 0.05) is 0 Å². The van der Waals surface area contributed by atoms with Gasteiger partial charge < -0.3 is 10.8 Å². The van der Waals surface area contributed by atoms with Crippen molar-refractivity contribution in [2.24, 2.45) is 16.1 Å². The fourth-order valence-corrected chi connectivity index (χ4v) is 1.78. The maximum absolute atomic E-state index is 11.1. The largest absolute Gasteiger partial charge is 0.478 e. The summed E-state index contributed by atoms with van der Waals surface area (Å²) in [5, 5.41) is 9.10. The number of carboxylic acid groups (broad SMARTS) is 1. The van der Waals surface area contributed by atoms with Gasteiger partial charge in [-0.05, 0) is 32.1 Å². The van der Waals surface area contributed by atoms with Crippen molar-refractivity contribution in [3.05, 3.63) is 11.6 Å². The van der Waals surface area contributed by atoms with Gasteiger partial charge in [0.05, 0.1) is 11.1 Å². The molecule has 1 aliphatic rings. The summed E-state index contributed by atoms with van der Waals surface area (Å²) in [6, 6.07) is 0. The van der Waals surface area contributed by atoms with Gasteiger partial charge in [-0.25, -0.2) is 4.79 Å². The molecule has 0 fully saturated rings. The molecule has 4 heteroatoms. The lowest BCUT2D eigenvalue weighted by molar-refractivity contribution is -0.132. The lowest BCUT2D eigenvalue weighted by Crippen LogP contribution is -2.32. The number of allylic oxidation sites excluding steroid dienone is 1. The quantitative estimate of drug-likeness (QED) is 0.714. The number of hydrogen-bond acceptors (Lipinski definition) is 3. The molecule has 0 unspecified atom stereocenters. The highest BCUT2D eigenvalue weighted by Crippen LogP contribution is 2.32. The predicted octanol–water partition coefficient (Wildman–Crippen LogP) is 1.95. The van der Waals surface area contributed by atoms with E-state index >= 15 is 0 Å². The minimum atomic E-state index is -1.01. The molecule has 1 aliphatic heterocycles. The van der Waals surface area contributed by atoms with E-state index in [1.54, 1.807) is 6.08 Å². The number of nitrogens with zero attached hydrogens (tertiary/aromatic N) is 1. The minimum Gasteiger partial charge on any atom is -0.478 e. The molecule has 0 aromatic heterocycles. The molecular weight excluding hydrogens is 204 g/mol. The van der Waals surface area contributed by atoms with E-state index in [0.717, 1.165) is 12.8 Å². The predicted molar refractivity (Wildman–Crippen MR) is 64.4 cm³/mol. The number of aliphatic imine (C=N–C) groups is 1. The van der Waals surface area contributed by atoms with Crippen LogP contribution in [0.15, 0.2) is 16.6 Å². The minimum absolute atomic E-state index is 0.123. The molecule has 0 saturated heterocycles. The number of carboxylic acids is 1. The third-order valence-electron chi connectivity index (χ3n) is 2.85. The highest BCUT2D eigenvalue weighted by molar-refractivity contribution is 6.17. The monoisotopic (exact) mass is 224 g/mol. The second-order valence-corrected chi connectivity index (χ2v) is 5.66. The van der Waals surface area contributed by atoms with E-state index in [-0.39, 0.29) is 22.4 Å². The third kappa shape index (κ3) is 3.08. The van der Waals surface area contributed by atoms with Crippen molar-refractivity contribution < 1.29 is 9.90 Å². The van der Waals surface area contributed by atoms with Crippen molar-refractivity contribution in [1.29, 1.82) is 0 Å². The Morgan fingerprint density at radius 3 is 2.44 bits per heavy atom. The van der Waals surface area contributed by atoms with Gasteiger partial charge in [-0.1, -0.05) is 19.9 Å². The molecule has 0 spiro atoms. The van der Waals surface area contributed by atoms with Gasteiger partial charge in [0.2, 0.25) is 0 Å². The number of amidine groups is 1. The number of hydrogen-bond donors (Lipinski definition) is 2. The summed E-state index contributed by atoms with van der Waals surface area (Å²) in [5.41, 5.74) is 5.41. The SMILES string of the molecule is CC1(C)C=C(C(=O)O)C(N)=NC(C)(C)CC1. The van der Waals surface area contributed by atoms with Crippen LogP contribution in [0, 0.1) is 5.41 Å². The van der Waals surface area contributed by atoms with Crippen LogP contribution in [-0.2, 0) is 4.79 Å². The molecule has 1 heterocycles. The zero-order valence-electron chi connectivity index (χ0n) is 10.4. The Kier molecular flexibility index (Phi) is 3.13. The van der Waals surface area contributed by atoms with Gasteiger partial charge in [-0.3, -0.25) is 4.99 Å². The fourth-order valence-electron chi connectivity index (χ4n) is 1.78. The van der Waals surface area contributed by atoms with E-state index in [9.17, 15) is 4.79 Å². The molecule has 0 saturated carbocycles. The zero-order chi connectivity index (χ0) is 12.6. The van der Waals surface area contributed by atoms with Crippen molar-refractivity contribution in [2.45, 2.75) is 46.1 Å². The zero-order valence-corrected chi connectivity index (χ0v) is 10.4. The molecule has 0 radical (unpaired) electrons. The molecule has 0 amide bonds. The molecule has 1 rings (SSSR count). The molecule has 3 N–H and O–H groups in total. The molecule has 4 nitrogen and oxygen atoms in total. The molecule has 0 bridgehead atoms. The molecule has 90 valence electrons. The summed E-state index contributed by atoms with van der Waals surface area (Å²) in [4.78, 5) is 15.4. The molecule has 0 aliphatic carbocycles. The van der Waals surface area contributed by atoms with Crippen LogP contribution in [-0.4, -0.2) is 22.5 Å². The van der Waals surface area contributed by atoms with Gasteiger partial charge in [0.1, 0.15) is 5.84 Å². The summed E-state index contributed by atoms with van der Waals surface area (Å²) in [6.07, 6.45) is 3.50. The second kappa shape index (κ2) is 3.92. The van der Waals surface area contributed by atoms with Crippen LogP contribution in [0.4, 0.5) is 0 Å². The van der Waals surface area contributed by atoms with Gasteiger partial charge in [0.25, 0.3) is 0 Å². The number of aliphatic carboxylic acids is 1. The Hall–Kier alpha value is -1.32. The Morgan fingerprint density at radius 2 is 1.94 bits per heavy atom. The average molecular weight is 224 g/mol. The first kappa shape index (κ1) is 12.7. The summed E-state index contributed by atoms with van der Waals surface area (Å²) >= 11 is 0. The molecule has 0 aromatic rings. The van der Waals surface area contributed by atoms with Gasteiger partial charge >= 0.3 is 5.97 Å². The molecule has 0 aromatic carbocycles. The van der Waals surface area contributed by atoms with Crippen LogP contribution < -0.4 is 5.73 Å². The molecule has 0 atom stereocenters. The van der Waals surface area contributed by atoms with Crippen LogP contribution in [0.5, 0.6) is 0 Å². The Balaban J connectivity index is 3.25. The maximum Gasteiger partial charge on any atom is 0.339 e. The van der Waals surface area contributed by atoms with Gasteiger partial charge in [0.15, 0.2) is 0 Å². The lowest BCUT2D eigenvalue weighted by Gasteiger charge is -2.30. The fraction of sp³-hybridized carbons (Fsp3) is 0.667. The van der Waals surface area contributed by atoms with Crippen LogP contribution in [0.2, 0.25) is 0 Å². The van der Waals surface area contributed by atoms with E-state index in [1.165, 1.54) is 0 Å². The smallest absolute Gasteiger partial charge is 0.339 e. The van der Waals surface area contributed by atoms with Gasteiger partial charge in [-0.15, -0.1) is 0 Å². The molecular formula is C12H20N2O2. The van der Waals surface area contributed by atoms with Crippen molar-refractivity contribution in [2.75, 3.05) is 0 Å². The van der Waals surface area contributed by atoms with Crippen LogP contribution in [0.1, 0.15) is 40.5 Å². The van der Waals surface area contributed by atoms with E-state index in [2.05, 4.69) is 4.99 Å². The first-order valence-electron chi connectivity index (χ1n) is 5.45. The summed E-state index contributed by atoms with van der Waals surface area (Å²) < 4.78 is 0. The Morgan fingerprint density at radius 1 is 1.38 bits per heavy atom. The highest BCUT2D eigenvalue weighted by atomic mass is 16.4. The second-order valence-electron chi connectivity index (χ2n) is 5.66. The van der Waals surface area contributed by atoms with Crippen molar-refractivity contribution in [3.63, 3.8) is 0 Å². The van der Waals surface area contributed by atoms with E-state index in [4.69, 9.17) is 10.8 Å². The highest BCUT2D eigenvalue weighted by Gasteiger charge is 2.28. The lowest BCUT2D eigenvalue weighted by atomic mass is 9.80. The van der Waals surface area contributed by atoms with E-state index in [1.807, 2.05) is 27.7 Å². The maximum atomic E-state index is 11.1. The van der Waals surface area contributed by atoms with E-state index < -0.39 is 5.97 Å². The normalized spacial score (nSPS) is 23.8. The average Bonchev–Trinajstić information content (AvgIpc) is 2.09. The Labute approximate surface area is 96.2 Å². The standard InChI is InChI=1S/C12H20N2O2/c1-11(2)5-6-12(3,4)14-9(13)8(7-11)10(15)16/h7H,5-6H2,1-4H3,(H2,13,14)(H,15,16). The summed E-state index contributed by atoms with van der Waals surface area (Å²) in [5.74, 6) is -0.877. The Bertz CT molecular complexity index is 365. The van der Waals surface area contributed by atoms with E-state index in [0.29, 0.717) is 0 Å². The first-order valence-corrected chi connectivity index (χ1v) is 5.45. The summed E-state index contributed by atoms with van der Waals surface area (Å²) in [7, 11) is 0. The van der Waals surface area contributed by atoms with Gasteiger partial charge in [-0.2, -0.15) is 0 Å². The summed E-state index contributed by atoms with van der Waals surface area (Å²) in [6.45, 7) is 7.98. The topological polar surface area (TPSA) is 75.7 Å². The first-order chi connectivity index (χ1) is 7.13. The molecule has 16 heavy (non-hydrogen) atoms. The van der Waals surface area contributed by atoms with Crippen molar-refractivity contribution >= 4 is 11.8 Å². The van der Waals surface area contributed by atoms with Crippen LogP contribution in [0.25, 0.3) is 0 Å². The number of nitrogens with two attached hydrogens (primary N) is 1. The van der Waals surface area contributed by atoms with Crippen LogP contribution >= 0.6 is 0 Å². The number of rotatable bonds is 1. The number of carbonyl (C=O) groups is 1.